The number of thioether (sulfide) groups is 1. The van der Waals surface area contributed by atoms with Crippen LogP contribution in [0.15, 0.2) is 71.6 Å². The predicted molar refractivity (Wildman–Crippen MR) is 149 cm³/mol. The molecule has 3 aromatic rings. The average Bonchev–Trinajstić information content (AvgIpc) is 2.87. The highest BCUT2D eigenvalue weighted by atomic mass is 35.5. The van der Waals surface area contributed by atoms with Gasteiger partial charge in [0.2, 0.25) is 15.9 Å². The van der Waals surface area contributed by atoms with Gasteiger partial charge in [0.05, 0.1) is 15.8 Å². The SMILES string of the molecule is Cc1cc(CSc2ccccc2)ccc1NC(=O)C1CCN(S(=O)(=O)Cc2ccc(Cl)c(Cl)c2)CC1. The molecule has 0 radical (unpaired) electrons. The molecular formula is C27H28Cl2N2O3S2. The minimum absolute atomic E-state index is 0.0639. The molecule has 0 bridgehead atoms. The molecule has 1 aliphatic heterocycles. The topological polar surface area (TPSA) is 66.5 Å². The van der Waals surface area contributed by atoms with Crippen molar-refractivity contribution in [1.29, 1.82) is 0 Å². The summed E-state index contributed by atoms with van der Waals surface area (Å²) < 4.78 is 27.2. The monoisotopic (exact) mass is 562 g/mol. The van der Waals surface area contributed by atoms with E-state index in [2.05, 4.69) is 23.5 Å². The lowest BCUT2D eigenvalue weighted by molar-refractivity contribution is -0.120. The third-order valence-electron chi connectivity index (χ3n) is 6.25. The summed E-state index contributed by atoms with van der Waals surface area (Å²) in [6.07, 6.45) is 0.967. The van der Waals surface area contributed by atoms with Gasteiger partial charge in [-0.05, 0) is 66.8 Å². The number of benzene rings is 3. The smallest absolute Gasteiger partial charge is 0.227 e. The van der Waals surface area contributed by atoms with E-state index in [0.717, 1.165) is 17.0 Å². The molecule has 0 aromatic heterocycles. The lowest BCUT2D eigenvalue weighted by Gasteiger charge is -2.30. The summed E-state index contributed by atoms with van der Waals surface area (Å²) in [6.45, 7) is 2.62. The molecule has 0 unspecified atom stereocenters. The van der Waals surface area contributed by atoms with Crippen LogP contribution in [-0.2, 0) is 26.3 Å². The number of aryl methyl sites for hydroxylation is 1. The normalized spacial score (nSPS) is 15.1. The lowest BCUT2D eigenvalue weighted by atomic mass is 9.97. The molecule has 1 saturated heterocycles. The van der Waals surface area contributed by atoms with Crippen LogP contribution in [0.1, 0.15) is 29.5 Å². The number of hydrogen-bond donors (Lipinski definition) is 1. The van der Waals surface area contributed by atoms with Crippen molar-refractivity contribution in [1.82, 2.24) is 4.31 Å². The van der Waals surface area contributed by atoms with Crippen LogP contribution in [0.5, 0.6) is 0 Å². The summed E-state index contributed by atoms with van der Waals surface area (Å²) in [7, 11) is -3.51. The van der Waals surface area contributed by atoms with Crippen LogP contribution >= 0.6 is 35.0 Å². The quantitative estimate of drug-likeness (QED) is 0.307. The molecule has 0 spiro atoms. The highest BCUT2D eigenvalue weighted by Crippen LogP contribution is 2.28. The standard InChI is InChI=1S/C27H28Cl2N2O3S2/c1-19-15-20(17-35-23-5-3-2-4-6-23)8-10-26(19)30-27(32)22-11-13-31(14-12-22)36(33,34)18-21-7-9-24(28)25(29)16-21/h2-10,15-16,22H,11-14,17-18H2,1H3,(H,30,32). The van der Waals surface area contributed by atoms with Crippen molar-refractivity contribution in [3.63, 3.8) is 0 Å². The van der Waals surface area contributed by atoms with E-state index < -0.39 is 10.0 Å². The van der Waals surface area contributed by atoms with Gasteiger partial charge in [-0.1, -0.05) is 59.6 Å². The van der Waals surface area contributed by atoms with Gasteiger partial charge in [-0.3, -0.25) is 4.79 Å². The van der Waals surface area contributed by atoms with E-state index in [1.54, 1.807) is 30.0 Å². The second-order valence-corrected chi connectivity index (χ2v) is 12.8. The Kier molecular flexibility index (Phi) is 9.01. The molecule has 3 aromatic carbocycles. The number of halogens is 2. The number of carbonyl (C=O) groups excluding carboxylic acids is 1. The Hall–Kier alpha value is -2.03. The van der Waals surface area contributed by atoms with Crippen LogP contribution in [0.25, 0.3) is 0 Å². The van der Waals surface area contributed by atoms with E-state index in [-0.39, 0.29) is 17.6 Å². The highest BCUT2D eigenvalue weighted by molar-refractivity contribution is 7.98. The first-order valence-corrected chi connectivity index (χ1v) is 15.1. The maximum atomic E-state index is 12.9. The second kappa shape index (κ2) is 12.0. The van der Waals surface area contributed by atoms with Gasteiger partial charge in [0.15, 0.2) is 0 Å². The molecule has 0 aliphatic carbocycles. The maximum absolute atomic E-state index is 12.9. The Balaban J connectivity index is 1.29. The zero-order chi connectivity index (χ0) is 25.7. The average molecular weight is 564 g/mol. The number of nitrogens with zero attached hydrogens (tertiary/aromatic N) is 1. The first-order valence-electron chi connectivity index (χ1n) is 11.7. The number of hydrogen-bond acceptors (Lipinski definition) is 4. The molecular weight excluding hydrogens is 535 g/mol. The van der Waals surface area contributed by atoms with Gasteiger partial charge in [-0.15, -0.1) is 11.8 Å². The Morgan fingerprint density at radius 3 is 2.33 bits per heavy atom. The molecule has 9 heteroatoms. The predicted octanol–water partition coefficient (Wildman–Crippen LogP) is 6.77. The molecule has 1 heterocycles. The molecule has 1 N–H and O–H groups in total. The molecule has 0 saturated carbocycles. The van der Waals surface area contributed by atoms with Crippen LogP contribution < -0.4 is 5.32 Å². The number of amides is 1. The molecule has 1 fully saturated rings. The number of piperidine rings is 1. The minimum Gasteiger partial charge on any atom is -0.326 e. The van der Waals surface area contributed by atoms with Gasteiger partial charge in [-0.2, -0.15) is 0 Å². The van der Waals surface area contributed by atoms with Crippen molar-refractivity contribution < 1.29 is 13.2 Å². The van der Waals surface area contributed by atoms with E-state index in [9.17, 15) is 13.2 Å². The summed E-state index contributed by atoms with van der Waals surface area (Å²) in [4.78, 5) is 14.1. The van der Waals surface area contributed by atoms with Crippen molar-refractivity contribution in [3.8, 4) is 0 Å². The van der Waals surface area contributed by atoms with Crippen LogP contribution in [0.3, 0.4) is 0 Å². The van der Waals surface area contributed by atoms with E-state index in [0.29, 0.717) is 41.5 Å². The van der Waals surface area contributed by atoms with E-state index >= 15 is 0 Å². The summed E-state index contributed by atoms with van der Waals surface area (Å²) in [6, 6.07) is 21.2. The maximum Gasteiger partial charge on any atom is 0.227 e. The summed E-state index contributed by atoms with van der Waals surface area (Å²) in [5.41, 5.74) is 3.59. The molecule has 36 heavy (non-hydrogen) atoms. The number of nitrogens with one attached hydrogen (secondary N) is 1. The summed E-state index contributed by atoms with van der Waals surface area (Å²) >= 11 is 13.7. The Bertz CT molecular complexity index is 1330. The third-order valence-corrected chi connectivity index (χ3v) is 9.92. The van der Waals surface area contributed by atoms with E-state index in [4.69, 9.17) is 23.2 Å². The largest absolute Gasteiger partial charge is 0.326 e. The van der Waals surface area contributed by atoms with Crippen LogP contribution in [0, 0.1) is 12.8 Å². The molecule has 190 valence electrons. The zero-order valence-electron chi connectivity index (χ0n) is 19.9. The number of carbonyl (C=O) groups is 1. The Morgan fingerprint density at radius 2 is 1.67 bits per heavy atom. The second-order valence-electron chi connectivity index (χ2n) is 8.92. The fraction of sp³-hybridized carbons (Fsp3) is 0.296. The van der Waals surface area contributed by atoms with Gasteiger partial charge in [0.25, 0.3) is 0 Å². The van der Waals surface area contributed by atoms with Crippen LogP contribution in [0.2, 0.25) is 10.0 Å². The highest BCUT2D eigenvalue weighted by Gasteiger charge is 2.31. The Morgan fingerprint density at radius 1 is 0.972 bits per heavy atom. The first-order chi connectivity index (χ1) is 17.2. The molecule has 1 aliphatic rings. The van der Waals surface area contributed by atoms with Crippen LogP contribution in [0.4, 0.5) is 5.69 Å². The number of rotatable bonds is 8. The van der Waals surface area contributed by atoms with Crippen molar-refractivity contribution in [2.45, 2.75) is 36.2 Å². The van der Waals surface area contributed by atoms with Crippen molar-refractivity contribution in [2.75, 3.05) is 18.4 Å². The molecule has 5 nitrogen and oxygen atoms in total. The van der Waals surface area contributed by atoms with Gasteiger partial charge in [-0.25, -0.2) is 12.7 Å². The van der Waals surface area contributed by atoms with E-state index in [1.165, 1.54) is 14.8 Å². The van der Waals surface area contributed by atoms with Gasteiger partial charge < -0.3 is 5.32 Å². The number of anilines is 1. The van der Waals surface area contributed by atoms with Crippen molar-refractivity contribution in [2.24, 2.45) is 5.92 Å². The lowest BCUT2D eigenvalue weighted by Crippen LogP contribution is -2.41. The molecule has 4 rings (SSSR count). The zero-order valence-corrected chi connectivity index (χ0v) is 23.1. The third kappa shape index (κ3) is 7.05. The van der Waals surface area contributed by atoms with Gasteiger partial charge in [0, 0.05) is 35.3 Å². The minimum atomic E-state index is -3.51. The Labute approximate surface area is 227 Å². The van der Waals surface area contributed by atoms with Crippen LogP contribution in [-0.4, -0.2) is 31.7 Å². The van der Waals surface area contributed by atoms with Crippen molar-refractivity contribution >= 4 is 56.6 Å². The molecule has 0 atom stereocenters. The summed E-state index contributed by atoms with van der Waals surface area (Å²) in [5, 5.41) is 3.77. The van der Waals surface area contributed by atoms with Crippen molar-refractivity contribution in [3.05, 3.63) is 93.5 Å². The van der Waals surface area contributed by atoms with Gasteiger partial charge in [0.1, 0.15) is 0 Å². The molecule has 1 amide bonds. The number of sulfonamides is 1. The fourth-order valence-corrected chi connectivity index (χ4v) is 6.94. The first kappa shape index (κ1) is 27.0. The fourth-order valence-electron chi connectivity index (χ4n) is 4.20. The van der Waals surface area contributed by atoms with E-state index in [1.807, 2.05) is 37.3 Å². The van der Waals surface area contributed by atoms with Gasteiger partial charge >= 0.3 is 0 Å². The summed E-state index contributed by atoms with van der Waals surface area (Å²) in [5.74, 6) is 0.420.